The predicted molar refractivity (Wildman–Crippen MR) is 65.9 cm³/mol. The van der Waals surface area contributed by atoms with Crippen molar-refractivity contribution < 1.29 is 9.59 Å². The number of H-pyrrole nitrogens is 1. The number of hydrogen-bond acceptors (Lipinski definition) is 2. The van der Waals surface area contributed by atoms with Gasteiger partial charge in [-0.15, -0.1) is 0 Å². The van der Waals surface area contributed by atoms with Crippen LogP contribution in [0.4, 0.5) is 0 Å². The van der Waals surface area contributed by atoms with Crippen molar-refractivity contribution in [2.75, 3.05) is 14.1 Å². The Morgan fingerprint density at radius 3 is 2.65 bits per heavy atom. The van der Waals surface area contributed by atoms with Gasteiger partial charge in [-0.3, -0.25) is 9.59 Å². The number of ketones is 1. The fourth-order valence-electron chi connectivity index (χ4n) is 1.69. The number of rotatable bonds is 3. The SMILES string of the molecule is CN(C)C(=O)CC(=O)c1c[nH]c2ccccc12. The molecule has 1 heterocycles. The minimum Gasteiger partial charge on any atom is -0.360 e. The van der Waals surface area contributed by atoms with E-state index in [0.29, 0.717) is 5.56 Å². The van der Waals surface area contributed by atoms with Crippen LogP contribution >= 0.6 is 0 Å². The van der Waals surface area contributed by atoms with Crippen LogP contribution in [-0.4, -0.2) is 35.7 Å². The number of amides is 1. The van der Waals surface area contributed by atoms with Crippen molar-refractivity contribution in [3.63, 3.8) is 0 Å². The van der Waals surface area contributed by atoms with Gasteiger partial charge in [0.25, 0.3) is 0 Å². The summed E-state index contributed by atoms with van der Waals surface area (Å²) in [4.78, 5) is 27.9. The van der Waals surface area contributed by atoms with E-state index in [1.807, 2.05) is 24.3 Å². The second kappa shape index (κ2) is 4.41. The summed E-state index contributed by atoms with van der Waals surface area (Å²) in [5.74, 6) is -0.332. The summed E-state index contributed by atoms with van der Waals surface area (Å²) >= 11 is 0. The van der Waals surface area contributed by atoms with Gasteiger partial charge in [0.05, 0.1) is 6.42 Å². The molecule has 0 radical (unpaired) electrons. The number of carbonyl (C=O) groups is 2. The van der Waals surface area contributed by atoms with Gasteiger partial charge in [0, 0.05) is 36.8 Å². The van der Waals surface area contributed by atoms with E-state index in [1.54, 1.807) is 20.3 Å². The van der Waals surface area contributed by atoms with Crippen LogP contribution in [0.2, 0.25) is 0 Å². The average molecular weight is 230 g/mol. The number of nitrogens with one attached hydrogen (secondary N) is 1. The third-order valence-electron chi connectivity index (χ3n) is 2.70. The van der Waals surface area contributed by atoms with Crippen molar-refractivity contribution in [3.05, 3.63) is 36.0 Å². The van der Waals surface area contributed by atoms with Crippen molar-refractivity contribution in [2.24, 2.45) is 0 Å². The predicted octanol–water partition coefficient (Wildman–Crippen LogP) is 1.83. The molecule has 0 aliphatic heterocycles. The highest BCUT2D eigenvalue weighted by atomic mass is 16.2. The van der Waals surface area contributed by atoms with Gasteiger partial charge in [-0.05, 0) is 6.07 Å². The van der Waals surface area contributed by atoms with E-state index in [0.717, 1.165) is 10.9 Å². The molecule has 1 N–H and O–H groups in total. The number of para-hydroxylation sites is 1. The zero-order valence-corrected chi connectivity index (χ0v) is 9.86. The standard InChI is InChI=1S/C13H14N2O2/c1-15(2)13(17)7-12(16)10-8-14-11-6-4-3-5-9(10)11/h3-6,8,14H,7H2,1-2H3. The smallest absolute Gasteiger partial charge is 0.229 e. The molecule has 4 heteroatoms. The molecule has 0 atom stereocenters. The number of hydrogen-bond donors (Lipinski definition) is 1. The minimum atomic E-state index is -0.180. The molecule has 1 aromatic carbocycles. The minimum absolute atomic E-state index is 0.0884. The summed E-state index contributed by atoms with van der Waals surface area (Å²) in [5, 5.41) is 0.865. The highest BCUT2D eigenvalue weighted by Gasteiger charge is 2.16. The molecule has 0 unspecified atom stereocenters. The van der Waals surface area contributed by atoms with Crippen LogP contribution in [0.3, 0.4) is 0 Å². The monoisotopic (exact) mass is 230 g/mol. The Morgan fingerprint density at radius 1 is 1.24 bits per heavy atom. The number of aromatic nitrogens is 1. The lowest BCUT2D eigenvalue weighted by Crippen LogP contribution is -2.24. The molecule has 0 aliphatic carbocycles. The molecule has 0 aliphatic rings. The summed E-state index contributed by atoms with van der Waals surface area (Å²) in [6.07, 6.45) is 1.57. The van der Waals surface area contributed by atoms with Gasteiger partial charge in [0.2, 0.25) is 5.91 Å². The van der Waals surface area contributed by atoms with Crippen LogP contribution in [0.5, 0.6) is 0 Å². The van der Waals surface area contributed by atoms with Gasteiger partial charge in [-0.25, -0.2) is 0 Å². The Hall–Kier alpha value is -2.10. The van der Waals surface area contributed by atoms with Crippen LogP contribution in [0.15, 0.2) is 30.5 Å². The summed E-state index contributed by atoms with van der Waals surface area (Å²) in [6, 6.07) is 7.55. The third kappa shape index (κ3) is 2.20. The molecule has 1 aromatic heterocycles. The first-order valence-electron chi connectivity index (χ1n) is 5.39. The van der Waals surface area contributed by atoms with Gasteiger partial charge in [0.15, 0.2) is 5.78 Å². The number of benzene rings is 1. The molecule has 1 amide bonds. The Labute approximate surface area is 99.2 Å². The fraction of sp³-hybridized carbons (Fsp3) is 0.231. The van der Waals surface area contributed by atoms with Crippen molar-refractivity contribution >= 4 is 22.6 Å². The molecule has 0 saturated carbocycles. The first-order chi connectivity index (χ1) is 8.09. The highest BCUT2D eigenvalue weighted by Crippen LogP contribution is 2.19. The normalized spacial score (nSPS) is 10.5. The second-order valence-corrected chi connectivity index (χ2v) is 4.14. The van der Waals surface area contributed by atoms with Crippen molar-refractivity contribution in [3.8, 4) is 0 Å². The Kier molecular flexibility index (Phi) is 2.95. The number of aromatic amines is 1. The maximum absolute atomic E-state index is 12.0. The lowest BCUT2D eigenvalue weighted by molar-refractivity contribution is -0.127. The number of fused-ring (bicyclic) bond motifs is 1. The summed E-state index contributed by atoms with van der Waals surface area (Å²) in [7, 11) is 3.29. The summed E-state index contributed by atoms with van der Waals surface area (Å²) in [5.41, 5.74) is 1.49. The number of nitrogens with zero attached hydrogens (tertiary/aromatic N) is 1. The van der Waals surface area contributed by atoms with E-state index in [9.17, 15) is 9.59 Å². The van der Waals surface area contributed by atoms with E-state index < -0.39 is 0 Å². The number of Topliss-reactive ketones (excluding diaryl/α,β-unsaturated/α-hetero) is 1. The largest absolute Gasteiger partial charge is 0.360 e. The molecule has 88 valence electrons. The zero-order valence-electron chi connectivity index (χ0n) is 9.86. The van der Waals surface area contributed by atoms with Gasteiger partial charge in [0.1, 0.15) is 0 Å². The van der Waals surface area contributed by atoms with Crippen molar-refractivity contribution in [2.45, 2.75) is 6.42 Å². The van der Waals surface area contributed by atoms with Crippen LogP contribution in [0, 0.1) is 0 Å². The van der Waals surface area contributed by atoms with Gasteiger partial charge < -0.3 is 9.88 Å². The quantitative estimate of drug-likeness (QED) is 0.646. The molecule has 0 spiro atoms. The van der Waals surface area contributed by atoms with E-state index in [2.05, 4.69) is 4.98 Å². The molecular weight excluding hydrogens is 216 g/mol. The van der Waals surface area contributed by atoms with Crippen LogP contribution in [-0.2, 0) is 4.79 Å². The lowest BCUT2D eigenvalue weighted by atomic mass is 10.1. The summed E-state index contributed by atoms with van der Waals surface area (Å²) < 4.78 is 0. The van der Waals surface area contributed by atoms with Crippen LogP contribution < -0.4 is 0 Å². The maximum atomic E-state index is 12.0. The molecule has 0 bridgehead atoms. The second-order valence-electron chi connectivity index (χ2n) is 4.14. The Morgan fingerprint density at radius 2 is 1.94 bits per heavy atom. The van der Waals surface area contributed by atoms with E-state index in [4.69, 9.17) is 0 Å². The molecule has 2 aromatic rings. The average Bonchev–Trinajstić information content (AvgIpc) is 2.72. The molecule has 17 heavy (non-hydrogen) atoms. The van der Waals surface area contributed by atoms with E-state index in [-0.39, 0.29) is 18.1 Å². The number of carbonyl (C=O) groups excluding carboxylic acids is 2. The lowest BCUT2D eigenvalue weighted by Gasteiger charge is -2.08. The zero-order chi connectivity index (χ0) is 12.4. The molecule has 0 fully saturated rings. The van der Waals surface area contributed by atoms with E-state index >= 15 is 0 Å². The Balaban J connectivity index is 2.28. The third-order valence-corrected chi connectivity index (χ3v) is 2.70. The molecule has 2 rings (SSSR count). The van der Waals surface area contributed by atoms with Crippen molar-refractivity contribution in [1.82, 2.24) is 9.88 Å². The first kappa shape index (κ1) is 11.4. The fourth-order valence-corrected chi connectivity index (χ4v) is 1.69. The van der Waals surface area contributed by atoms with Gasteiger partial charge in [-0.2, -0.15) is 0 Å². The maximum Gasteiger partial charge on any atom is 0.229 e. The topological polar surface area (TPSA) is 53.2 Å². The molecular formula is C13H14N2O2. The molecule has 0 saturated heterocycles. The van der Waals surface area contributed by atoms with E-state index in [1.165, 1.54) is 4.90 Å². The Bertz CT molecular complexity index is 570. The van der Waals surface area contributed by atoms with Crippen molar-refractivity contribution in [1.29, 1.82) is 0 Å². The highest BCUT2D eigenvalue weighted by molar-refractivity contribution is 6.13. The van der Waals surface area contributed by atoms with Gasteiger partial charge >= 0.3 is 0 Å². The van der Waals surface area contributed by atoms with Gasteiger partial charge in [-0.1, -0.05) is 18.2 Å². The van der Waals surface area contributed by atoms with Crippen LogP contribution in [0.1, 0.15) is 16.8 Å². The van der Waals surface area contributed by atoms with Crippen LogP contribution in [0.25, 0.3) is 10.9 Å². The first-order valence-corrected chi connectivity index (χ1v) is 5.39. The summed E-state index contributed by atoms with van der Waals surface area (Å²) in [6.45, 7) is 0. The molecule has 4 nitrogen and oxygen atoms in total.